The van der Waals surface area contributed by atoms with Gasteiger partial charge in [0.15, 0.2) is 0 Å². The molecule has 0 aromatic rings. The van der Waals surface area contributed by atoms with Crippen molar-refractivity contribution >= 4 is 10.0 Å². The summed E-state index contributed by atoms with van der Waals surface area (Å²) < 4.78 is 23.9. The van der Waals surface area contributed by atoms with E-state index in [-0.39, 0.29) is 5.75 Å². The molecule has 1 aliphatic heterocycles. The zero-order chi connectivity index (χ0) is 9.19. The monoisotopic (exact) mass is 188 g/mol. The minimum absolute atomic E-state index is 0.200. The molecule has 68 valence electrons. The second-order valence-electron chi connectivity index (χ2n) is 2.83. The van der Waals surface area contributed by atoms with Crippen molar-refractivity contribution in [1.82, 2.24) is 4.31 Å². The maximum atomic E-state index is 11.3. The van der Waals surface area contributed by atoms with E-state index in [1.807, 2.05) is 13.0 Å². The van der Waals surface area contributed by atoms with Gasteiger partial charge in [0.2, 0.25) is 10.0 Å². The first-order chi connectivity index (χ1) is 5.61. The number of nitrogens with zero attached hydrogens (tertiary/aromatic N) is 2. The Bertz CT molecular complexity index is 291. The van der Waals surface area contributed by atoms with Gasteiger partial charge in [-0.1, -0.05) is 6.92 Å². The molecular weight excluding hydrogens is 176 g/mol. The number of sulfonamides is 1. The lowest BCUT2D eigenvalue weighted by Gasteiger charge is -2.18. The third kappa shape index (κ3) is 1.59. The highest BCUT2D eigenvalue weighted by atomic mass is 32.2. The molecule has 0 bridgehead atoms. The van der Waals surface area contributed by atoms with Gasteiger partial charge in [0.1, 0.15) is 6.04 Å². The van der Waals surface area contributed by atoms with Crippen LogP contribution in [-0.4, -0.2) is 31.1 Å². The largest absolute Gasteiger partial charge is 0.215 e. The van der Waals surface area contributed by atoms with Crippen LogP contribution in [0.25, 0.3) is 0 Å². The van der Waals surface area contributed by atoms with E-state index in [9.17, 15) is 8.42 Å². The Morgan fingerprint density at radius 1 is 1.67 bits per heavy atom. The maximum absolute atomic E-state index is 11.3. The van der Waals surface area contributed by atoms with Gasteiger partial charge in [0.25, 0.3) is 0 Å². The number of nitriles is 1. The molecule has 0 saturated carbocycles. The van der Waals surface area contributed by atoms with E-state index in [0.29, 0.717) is 19.4 Å². The van der Waals surface area contributed by atoms with Crippen molar-refractivity contribution in [3.05, 3.63) is 0 Å². The second kappa shape index (κ2) is 3.42. The molecule has 4 nitrogen and oxygen atoms in total. The van der Waals surface area contributed by atoms with Crippen LogP contribution in [0.1, 0.15) is 19.8 Å². The van der Waals surface area contributed by atoms with E-state index in [1.165, 1.54) is 4.31 Å². The highest BCUT2D eigenvalue weighted by Gasteiger charge is 2.33. The van der Waals surface area contributed by atoms with Crippen LogP contribution in [0.15, 0.2) is 0 Å². The van der Waals surface area contributed by atoms with Gasteiger partial charge in [-0.05, 0) is 12.8 Å². The average molecular weight is 188 g/mol. The van der Waals surface area contributed by atoms with Gasteiger partial charge in [-0.15, -0.1) is 0 Å². The third-order valence-electron chi connectivity index (χ3n) is 2.02. The predicted molar refractivity (Wildman–Crippen MR) is 44.8 cm³/mol. The van der Waals surface area contributed by atoms with Gasteiger partial charge in [-0.2, -0.15) is 9.57 Å². The first kappa shape index (κ1) is 9.49. The van der Waals surface area contributed by atoms with Crippen molar-refractivity contribution in [2.45, 2.75) is 25.8 Å². The molecule has 0 aliphatic carbocycles. The van der Waals surface area contributed by atoms with Crippen LogP contribution in [0.3, 0.4) is 0 Å². The normalized spacial score (nSPS) is 25.0. The van der Waals surface area contributed by atoms with Gasteiger partial charge < -0.3 is 0 Å². The molecule has 5 heteroatoms. The molecule has 0 radical (unpaired) electrons. The van der Waals surface area contributed by atoms with Crippen LogP contribution in [0.5, 0.6) is 0 Å². The Morgan fingerprint density at radius 3 is 2.67 bits per heavy atom. The number of hydrogen-bond donors (Lipinski definition) is 0. The van der Waals surface area contributed by atoms with Gasteiger partial charge >= 0.3 is 0 Å². The fourth-order valence-electron chi connectivity index (χ4n) is 1.37. The van der Waals surface area contributed by atoms with E-state index in [4.69, 9.17) is 5.26 Å². The van der Waals surface area contributed by atoms with Crippen LogP contribution < -0.4 is 0 Å². The fraction of sp³-hybridized carbons (Fsp3) is 0.857. The summed E-state index contributed by atoms with van der Waals surface area (Å²) in [7, 11) is -3.10. The molecule has 12 heavy (non-hydrogen) atoms. The summed E-state index contributed by atoms with van der Waals surface area (Å²) in [4.78, 5) is 0. The minimum atomic E-state index is -3.10. The minimum Gasteiger partial charge on any atom is -0.212 e. The van der Waals surface area contributed by atoms with Crippen LogP contribution in [0.2, 0.25) is 0 Å². The summed E-state index contributed by atoms with van der Waals surface area (Å²) in [6.45, 7) is 2.33. The summed E-state index contributed by atoms with van der Waals surface area (Å²) in [5.74, 6) is 0.200. The molecule has 1 atom stereocenters. The van der Waals surface area contributed by atoms with Crippen LogP contribution in [0.4, 0.5) is 0 Å². The summed E-state index contributed by atoms with van der Waals surface area (Å²) >= 11 is 0. The molecule has 0 N–H and O–H groups in total. The quantitative estimate of drug-likeness (QED) is 0.627. The molecule has 0 spiro atoms. The predicted octanol–water partition coefficient (Wildman–Crippen LogP) is 0.324. The summed E-state index contributed by atoms with van der Waals surface area (Å²) in [6.07, 6.45) is 1.22. The lowest BCUT2D eigenvalue weighted by molar-refractivity contribution is 0.387. The van der Waals surface area contributed by atoms with Crippen molar-refractivity contribution in [3.63, 3.8) is 0 Å². The summed E-state index contributed by atoms with van der Waals surface area (Å²) in [6, 6.07) is 1.54. The number of rotatable bonds is 2. The molecular formula is C7H12N2O2S. The summed E-state index contributed by atoms with van der Waals surface area (Å²) in [5.41, 5.74) is 0. The van der Waals surface area contributed by atoms with Crippen LogP contribution in [-0.2, 0) is 10.0 Å². The second-order valence-corrected chi connectivity index (χ2v) is 4.87. The Morgan fingerprint density at radius 2 is 2.33 bits per heavy atom. The number of hydrogen-bond acceptors (Lipinski definition) is 3. The molecule has 1 rings (SSSR count). The Hall–Kier alpha value is -0.600. The van der Waals surface area contributed by atoms with Crippen molar-refractivity contribution in [2.24, 2.45) is 0 Å². The zero-order valence-corrected chi connectivity index (χ0v) is 7.84. The van der Waals surface area contributed by atoms with E-state index in [1.54, 1.807) is 0 Å². The van der Waals surface area contributed by atoms with Gasteiger partial charge in [0.05, 0.1) is 11.8 Å². The van der Waals surface area contributed by atoms with Crippen molar-refractivity contribution in [2.75, 3.05) is 12.3 Å². The maximum Gasteiger partial charge on any atom is 0.215 e. The van der Waals surface area contributed by atoms with Gasteiger partial charge in [0, 0.05) is 6.54 Å². The smallest absolute Gasteiger partial charge is 0.212 e. The average Bonchev–Trinajstić information content (AvgIpc) is 2.34. The van der Waals surface area contributed by atoms with E-state index < -0.39 is 16.1 Å². The lowest BCUT2D eigenvalue weighted by Crippen LogP contribution is -2.35. The molecule has 1 saturated heterocycles. The molecule has 0 aromatic carbocycles. The Balaban J connectivity index is 2.83. The molecule has 0 aromatic heterocycles. The van der Waals surface area contributed by atoms with E-state index in [2.05, 4.69) is 0 Å². The Kier molecular flexibility index (Phi) is 2.70. The lowest BCUT2D eigenvalue weighted by atomic mass is 10.2. The topological polar surface area (TPSA) is 61.2 Å². The van der Waals surface area contributed by atoms with Crippen molar-refractivity contribution in [3.8, 4) is 6.07 Å². The first-order valence-electron chi connectivity index (χ1n) is 4.01. The standard InChI is InChI=1S/C7H12N2O2S/c1-2-7(6-8)9-4-3-5-12(9,10)11/h7H,2-5H2,1H3. The fourth-order valence-corrected chi connectivity index (χ4v) is 3.09. The Labute approximate surface area is 72.8 Å². The van der Waals surface area contributed by atoms with E-state index >= 15 is 0 Å². The highest BCUT2D eigenvalue weighted by Crippen LogP contribution is 2.18. The van der Waals surface area contributed by atoms with Crippen LogP contribution >= 0.6 is 0 Å². The van der Waals surface area contributed by atoms with E-state index in [0.717, 1.165) is 0 Å². The van der Waals surface area contributed by atoms with Gasteiger partial charge in [-0.3, -0.25) is 0 Å². The molecule has 1 heterocycles. The third-order valence-corrected chi connectivity index (χ3v) is 3.98. The molecule has 1 fully saturated rings. The van der Waals surface area contributed by atoms with Crippen LogP contribution in [0, 0.1) is 11.3 Å². The summed E-state index contributed by atoms with van der Waals surface area (Å²) in [5, 5.41) is 8.66. The van der Waals surface area contributed by atoms with Crippen molar-refractivity contribution in [1.29, 1.82) is 5.26 Å². The first-order valence-corrected chi connectivity index (χ1v) is 5.62. The van der Waals surface area contributed by atoms with Gasteiger partial charge in [-0.25, -0.2) is 8.42 Å². The molecule has 1 aliphatic rings. The molecule has 1 unspecified atom stereocenters. The highest BCUT2D eigenvalue weighted by molar-refractivity contribution is 7.89. The zero-order valence-electron chi connectivity index (χ0n) is 7.02. The van der Waals surface area contributed by atoms with Crippen molar-refractivity contribution < 1.29 is 8.42 Å². The molecule has 0 amide bonds. The SMILES string of the molecule is CCC(C#N)N1CCCS1(=O)=O.